The zero-order chi connectivity index (χ0) is 31.6. The summed E-state index contributed by atoms with van der Waals surface area (Å²) in [5.74, 6) is -0.238. The summed E-state index contributed by atoms with van der Waals surface area (Å²) in [6.07, 6.45) is -7.08. The summed E-state index contributed by atoms with van der Waals surface area (Å²) >= 11 is 3.16. The van der Waals surface area contributed by atoms with Gasteiger partial charge >= 0.3 is 18.5 Å². The highest BCUT2D eigenvalue weighted by Crippen LogP contribution is 2.39. The fourth-order valence-corrected chi connectivity index (χ4v) is 5.55. The minimum atomic E-state index is -5.08. The first-order chi connectivity index (χ1) is 20.0. The maximum atomic E-state index is 13.8. The third-order valence-electron chi connectivity index (χ3n) is 7.36. The van der Waals surface area contributed by atoms with E-state index in [0.29, 0.717) is 35.1 Å². The van der Waals surface area contributed by atoms with Crippen molar-refractivity contribution in [3.8, 4) is 0 Å². The predicted molar refractivity (Wildman–Crippen MR) is 144 cm³/mol. The number of hydrogen-bond donors (Lipinski definition) is 1. The topological polar surface area (TPSA) is 67.9 Å². The Morgan fingerprint density at radius 3 is 1.84 bits per heavy atom. The zero-order valence-corrected chi connectivity index (χ0v) is 24.1. The Bertz CT molecular complexity index is 1350. The smallest absolute Gasteiger partial charge is 0.332 e. The molecule has 1 unspecified atom stereocenters. The third-order valence-corrected chi connectivity index (χ3v) is 7.77. The van der Waals surface area contributed by atoms with Crippen molar-refractivity contribution in [3.05, 3.63) is 80.8 Å². The molecular weight excluding hydrogens is 657 g/mol. The van der Waals surface area contributed by atoms with Gasteiger partial charge in [-0.2, -0.15) is 39.5 Å². The molecule has 4 rings (SSSR count). The summed E-state index contributed by atoms with van der Waals surface area (Å²) in [4.78, 5) is 13.6. The Morgan fingerprint density at radius 1 is 0.767 bits per heavy atom. The molecule has 0 radical (unpaired) electrons. The Kier molecular flexibility index (Phi) is 9.94. The van der Waals surface area contributed by atoms with Crippen molar-refractivity contribution in [1.82, 2.24) is 15.0 Å². The minimum absolute atomic E-state index is 0.00760. The number of anilines is 1. The van der Waals surface area contributed by atoms with E-state index >= 15 is 0 Å². The number of hydrogen-bond acceptors (Lipinski definition) is 5. The Balaban J connectivity index is 1.81. The van der Waals surface area contributed by atoms with E-state index in [0.717, 1.165) is 31.7 Å². The van der Waals surface area contributed by atoms with Gasteiger partial charge in [-0.3, -0.25) is 4.98 Å². The Labute approximate surface area is 249 Å². The molecule has 234 valence electrons. The lowest BCUT2D eigenvalue weighted by Crippen LogP contribution is -2.27. The molecule has 5 nitrogen and oxygen atoms in total. The Morgan fingerprint density at radius 2 is 1.33 bits per heavy atom. The van der Waals surface area contributed by atoms with Crippen molar-refractivity contribution < 1.29 is 39.5 Å². The summed E-state index contributed by atoms with van der Waals surface area (Å²) in [5, 5.41) is 0. The van der Waals surface area contributed by atoms with Crippen molar-refractivity contribution in [2.24, 2.45) is 11.7 Å². The van der Waals surface area contributed by atoms with Gasteiger partial charge in [-0.15, -0.1) is 0 Å². The van der Waals surface area contributed by atoms with E-state index < -0.39 is 59.8 Å². The first-order valence-electron chi connectivity index (χ1n) is 13.3. The second kappa shape index (κ2) is 13.0. The van der Waals surface area contributed by atoms with Crippen LogP contribution in [0.25, 0.3) is 0 Å². The molecule has 2 aromatic heterocycles. The number of halogens is 10. The lowest BCUT2D eigenvalue weighted by atomic mass is 9.88. The van der Waals surface area contributed by atoms with Gasteiger partial charge in [-0.1, -0.05) is 25.7 Å². The van der Waals surface area contributed by atoms with Crippen LogP contribution in [0.3, 0.4) is 0 Å². The van der Waals surface area contributed by atoms with E-state index in [1.54, 1.807) is 0 Å². The molecule has 0 amide bonds. The molecule has 2 N–H and O–H groups in total. The molecule has 43 heavy (non-hydrogen) atoms. The summed E-state index contributed by atoms with van der Waals surface area (Å²) in [5.41, 5.74) is 1.92. The van der Waals surface area contributed by atoms with E-state index in [2.05, 4.69) is 30.9 Å². The second-order valence-electron chi connectivity index (χ2n) is 10.6. The normalized spacial score (nSPS) is 15.6. The van der Waals surface area contributed by atoms with Gasteiger partial charge in [-0.25, -0.2) is 9.97 Å². The highest BCUT2D eigenvalue weighted by atomic mass is 79.9. The molecule has 1 aliphatic rings. The van der Waals surface area contributed by atoms with Crippen LogP contribution in [0.1, 0.15) is 71.5 Å². The van der Waals surface area contributed by atoms with Crippen molar-refractivity contribution in [3.63, 3.8) is 0 Å². The molecule has 0 spiro atoms. The number of benzene rings is 1. The maximum Gasteiger partial charge on any atom is 0.417 e. The van der Waals surface area contributed by atoms with E-state index in [1.807, 2.05) is 0 Å². The first-order valence-corrected chi connectivity index (χ1v) is 14.1. The average Bonchev–Trinajstić information content (AvgIpc) is 3.43. The van der Waals surface area contributed by atoms with Gasteiger partial charge in [-0.05, 0) is 63.7 Å². The molecule has 3 aromatic rings. The SMILES string of the molecule is NCC(CC1CCCC1)c1ncc(C(F)(F)F)cc1CN(Cc1cc(C(F)(F)F)cc(C(F)(F)F)c1)c1ncc(Br)cn1. The summed E-state index contributed by atoms with van der Waals surface area (Å²) in [6, 6.07) is 2.02. The van der Waals surface area contributed by atoms with Gasteiger partial charge in [0.15, 0.2) is 0 Å². The fraction of sp³-hybridized carbons (Fsp3) is 0.464. The summed E-state index contributed by atoms with van der Waals surface area (Å²) in [6.45, 7) is -0.897. The number of nitrogens with two attached hydrogens (primary N) is 1. The van der Waals surface area contributed by atoms with Gasteiger partial charge in [0, 0.05) is 49.8 Å². The van der Waals surface area contributed by atoms with Gasteiger partial charge < -0.3 is 10.6 Å². The summed E-state index contributed by atoms with van der Waals surface area (Å²) < 4.78 is 123. The van der Waals surface area contributed by atoms with E-state index in [9.17, 15) is 39.5 Å². The van der Waals surface area contributed by atoms with Crippen LogP contribution in [0.4, 0.5) is 45.5 Å². The van der Waals surface area contributed by atoms with Crippen molar-refractivity contribution >= 4 is 21.9 Å². The molecule has 1 saturated carbocycles. The molecule has 0 saturated heterocycles. The van der Waals surface area contributed by atoms with Crippen LogP contribution in [0.15, 0.2) is 47.3 Å². The van der Waals surface area contributed by atoms with Gasteiger partial charge in [0.25, 0.3) is 0 Å². The maximum absolute atomic E-state index is 13.8. The highest BCUT2D eigenvalue weighted by molar-refractivity contribution is 9.10. The van der Waals surface area contributed by atoms with E-state index in [4.69, 9.17) is 5.73 Å². The van der Waals surface area contributed by atoms with Gasteiger partial charge in [0.05, 0.1) is 21.2 Å². The highest BCUT2D eigenvalue weighted by Gasteiger charge is 2.37. The number of alkyl halides is 9. The molecule has 0 aliphatic heterocycles. The number of rotatable bonds is 9. The average molecular weight is 684 g/mol. The molecule has 1 atom stereocenters. The molecule has 1 aromatic carbocycles. The van der Waals surface area contributed by atoms with E-state index in [-0.39, 0.29) is 29.8 Å². The zero-order valence-electron chi connectivity index (χ0n) is 22.5. The largest absolute Gasteiger partial charge is 0.417 e. The van der Waals surface area contributed by atoms with Crippen LogP contribution < -0.4 is 10.6 Å². The van der Waals surface area contributed by atoms with Crippen LogP contribution in [0.2, 0.25) is 0 Å². The molecular formula is C28H27BrF9N5. The number of aromatic nitrogens is 3. The predicted octanol–water partition coefficient (Wildman–Crippen LogP) is 8.52. The fourth-order valence-electron chi connectivity index (χ4n) is 5.34. The summed E-state index contributed by atoms with van der Waals surface area (Å²) in [7, 11) is 0. The molecule has 0 bridgehead atoms. The van der Waals surface area contributed by atoms with Crippen molar-refractivity contribution in [2.75, 3.05) is 11.4 Å². The van der Waals surface area contributed by atoms with Crippen molar-refractivity contribution in [2.45, 2.75) is 69.6 Å². The van der Waals surface area contributed by atoms with Gasteiger partial charge in [0.2, 0.25) is 5.95 Å². The van der Waals surface area contributed by atoms with Crippen LogP contribution in [0.5, 0.6) is 0 Å². The van der Waals surface area contributed by atoms with Crippen LogP contribution >= 0.6 is 15.9 Å². The van der Waals surface area contributed by atoms with E-state index in [1.165, 1.54) is 17.3 Å². The minimum Gasteiger partial charge on any atom is -0.332 e. The first kappa shape index (κ1) is 33.0. The lowest BCUT2D eigenvalue weighted by Gasteiger charge is -2.27. The van der Waals surface area contributed by atoms with Crippen molar-refractivity contribution in [1.29, 1.82) is 0 Å². The third kappa shape index (κ3) is 8.58. The monoisotopic (exact) mass is 683 g/mol. The quantitative estimate of drug-likeness (QED) is 0.229. The van der Waals surface area contributed by atoms with Gasteiger partial charge in [0.1, 0.15) is 0 Å². The Hall–Kier alpha value is -2.94. The van der Waals surface area contributed by atoms with Crippen LogP contribution in [-0.2, 0) is 31.6 Å². The molecule has 1 aliphatic carbocycles. The lowest BCUT2D eigenvalue weighted by molar-refractivity contribution is -0.143. The van der Waals surface area contributed by atoms with Crippen LogP contribution in [-0.4, -0.2) is 21.5 Å². The standard InChI is InChI=1S/C28H27BrF9N5/c29-23-12-41-25(42-13-23)43(14-17-6-20(26(30,31)32)9-21(7-17)27(33,34)35)15-19-8-22(28(36,37)38)11-40-24(19)18(10-39)5-16-3-1-2-4-16/h6-9,11-13,16,18H,1-5,10,14-15,39H2. The number of nitrogens with zero attached hydrogens (tertiary/aromatic N) is 4. The molecule has 1 fully saturated rings. The molecule has 2 heterocycles. The molecule has 15 heteroatoms. The number of pyridine rings is 1. The van der Waals surface area contributed by atoms with Crippen LogP contribution in [0, 0.1) is 5.92 Å². The second-order valence-corrected chi connectivity index (χ2v) is 11.5.